The largest absolute Gasteiger partial charge is 0.417 e. The fourth-order valence-corrected chi connectivity index (χ4v) is 1.79. The number of aromatic amines is 1. The molecule has 0 aliphatic rings. The van der Waals surface area contributed by atoms with Gasteiger partial charge in [0, 0.05) is 6.07 Å². The van der Waals surface area contributed by atoms with Gasteiger partial charge in [-0.2, -0.15) is 0 Å². The van der Waals surface area contributed by atoms with Crippen LogP contribution in [0.3, 0.4) is 0 Å². The highest BCUT2D eigenvalue weighted by molar-refractivity contribution is 9.10. The van der Waals surface area contributed by atoms with Gasteiger partial charge in [-0.15, -0.1) is 0 Å². The number of H-pyrrole nitrogens is 1. The molecule has 2 rings (SSSR count). The van der Waals surface area contributed by atoms with Crippen LogP contribution in [0.4, 0.5) is 0 Å². The maximum Gasteiger partial charge on any atom is 0.417 e. The van der Waals surface area contributed by atoms with Crippen molar-refractivity contribution in [3.63, 3.8) is 0 Å². The van der Waals surface area contributed by atoms with E-state index in [9.17, 15) is 4.79 Å². The number of oxazole rings is 1. The van der Waals surface area contributed by atoms with Crippen LogP contribution in [-0.4, -0.2) is 4.98 Å². The molecule has 0 fully saturated rings. The monoisotopic (exact) mass is 281 g/mol. The zero-order valence-corrected chi connectivity index (χ0v) is 9.13. The van der Waals surface area contributed by atoms with Crippen molar-refractivity contribution >= 4 is 50.2 Å². The Morgan fingerprint density at radius 1 is 1.46 bits per heavy atom. The Morgan fingerprint density at radius 2 is 2.15 bits per heavy atom. The second-order valence-corrected chi connectivity index (χ2v) is 3.95. The van der Waals surface area contributed by atoms with Crippen molar-refractivity contribution in [3.05, 3.63) is 31.1 Å². The van der Waals surface area contributed by atoms with E-state index in [0.717, 1.165) is 0 Å². The van der Waals surface area contributed by atoms with E-state index in [0.29, 0.717) is 25.6 Å². The number of hydrogen-bond donors (Lipinski definition) is 1. The van der Waals surface area contributed by atoms with Crippen LogP contribution >= 0.6 is 39.1 Å². The van der Waals surface area contributed by atoms with Crippen molar-refractivity contribution in [3.8, 4) is 0 Å². The van der Waals surface area contributed by atoms with Gasteiger partial charge in [0.2, 0.25) is 0 Å². The van der Waals surface area contributed by atoms with E-state index in [1.807, 2.05) is 0 Å². The van der Waals surface area contributed by atoms with Gasteiger partial charge in [-0.3, -0.25) is 4.98 Å². The van der Waals surface area contributed by atoms with E-state index in [1.165, 1.54) is 6.07 Å². The van der Waals surface area contributed by atoms with Gasteiger partial charge in [0.25, 0.3) is 0 Å². The van der Waals surface area contributed by atoms with Gasteiger partial charge < -0.3 is 4.42 Å². The summed E-state index contributed by atoms with van der Waals surface area (Å²) in [5.74, 6) is -0.550. The van der Waals surface area contributed by atoms with Crippen LogP contribution < -0.4 is 5.76 Å². The molecule has 1 aromatic carbocycles. The number of nitrogens with one attached hydrogen (secondary N) is 1. The third kappa shape index (κ3) is 1.39. The molecule has 1 heterocycles. The third-order valence-corrected chi connectivity index (χ3v) is 3.51. The van der Waals surface area contributed by atoms with Crippen molar-refractivity contribution < 1.29 is 4.42 Å². The summed E-state index contributed by atoms with van der Waals surface area (Å²) < 4.78 is 5.33. The Bertz CT molecular complexity index is 531. The fraction of sp³-hybridized carbons (Fsp3) is 0. The highest BCUT2D eigenvalue weighted by atomic mass is 79.9. The molecule has 3 nitrogen and oxygen atoms in total. The molecule has 0 amide bonds. The predicted molar refractivity (Wildman–Crippen MR) is 54.6 cm³/mol. The van der Waals surface area contributed by atoms with Crippen LogP contribution in [0.2, 0.25) is 10.0 Å². The number of benzene rings is 1. The van der Waals surface area contributed by atoms with Crippen LogP contribution in [-0.2, 0) is 0 Å². The first-order valence-corrected chi connectivity index (χ1v) is 4.81. The molecule has 0 saturated heterocycles. The molecule has 68 valence electrons. The van der Waals surface area contributed by atoms with E-state index in [4.69, 9.17) is 27.6 Å². The minimum atomic E-state index is -0.550. The van der Waals surface area contributed by atoms with E-state index < -0.39 is 5.76 Å². The first-order chi connectivity index (χ1) is 6.09. The normalized spacial score (nSPS) is 11.0. The minimum absolute atomic E-state index is 0.341. The number of fused-ring (bicyclic) bond motifs is 1. The van der Waals surface area contributed by atoms with E-state index in [2.05, 4.69) is 20.9 Å². The van der Waals surface area contributed by atoms with Crippen molar-refractivity contribution in [2.45, 2.75) is 0 Å². The fourth-order valence-electron chi connectivity index (χ4n) is 0.998. The van der Waals surface area contributed by atoms with Gasteiger partial charge in [0.1, 0.15) is 5.52 Å². The molecule has 0 radical (unpaired) electrons. The van der Waals surface area contributed by atoms with Gasteiger partial charge in [0.05, 0.1) is 14.5 Å². The summed E-state index contributed by atoms with van der Waals surface area (Å²) in [4.78, 5) is 13.3. The second-order valence-electron chi connectivity index (χ2n) is 2.37. The molecule has 0 atom stereocenters. The summed E-state index contributed by atoms with van der Waals surface area (Å²) in [5.41, 5.74) is 0.797. The predicted octanol–water partition coefficient (Wildman–Crippen LogP) is 3.19. The smallest absolute Gasteiger partial charge is 0.408 e. The van der Waals surface area contributed by atoms with Crippen molar-refractivity contribution in [1.29, 1.82) is 0 Å². The number of rotatable bonds is 0. The first kappa shape index (κ1) is 9.12. The average Bonchev–Trinajstić information content (AvgIpc) is 2.42. The third-order valence-electron chi connectivity index (χ3n) is 1.56. The molecule has 0 bridgehead atoms. The molecule has 13 heavy (non-hydrogen) atoms. The van der Waals surface area contributed by atoms with Gasteiger partial charge in [-0.1, -0.05) is 23.2 Å². The van der Waals surface area contributed by atoms with Gasteiger partial charge in [0.15, 0.2) is 5.58 Å². The Hall–Kier alpha value is -0.450. The zero-order chi connectivity index (χ0) is 9.59. The Kier molecular flexibility index (Phi) is 2.14. The summed E-state index contributed by atoms with van der Waals surface area (Å²) in [6.07, 6.45) is 0. The maximum absolute atomic E-state index is 10.8. The number of aromatic nitrogens is 1. The molecule has 0 aliphatic carbocycles. The number of halogens is 3. The van der Waals surface area contributed by atoms with Crippen molar-refractivity contribution in [1.82, 2.24) is 4.98 Å². The van der Waals surface area contributed by atoms with Crippen molar-refractivity contribution in [2.75, 3.05) is 0 Å². The quantitative estimate of drug-likeness (QED) is 0.755. The second kappa shape index (κ2) is 3.04. The zero-order valence-electron chi connectivity index (χ0n) is 6.03. The lowest BCUT2D eigenvalue weighted by Gasteiger charge is -1.98. The molecule has 0 spiro atoms. The topological polar surface area (TPSA) is 46.0 Å². The van der Waals surface area contributed by atoms with E-state index in [1.54, 1.807) is 0 Å². The Morgan fingerprint density at radius 3 is 2.85 bits per heavy atom. The average molecular weight is 283 g/mol. The van der Waals surface area contributed by atoms with Gasteiger partial charge >= 0.3 is 5.76 Å². The molecule has 1 N–H and O–H groups in total. The van der Waals surface area contributed by atoms with Crippen LogP contribution in [0, 0.1) is 0 Å². The van der Waals surface area contributed by atoms with Crippen LogP contribution in [0.15, 0.2) is 19.8 Å². The first-order valence-electron chi connectivity index (χ1n) is 3.26. The lowest BCUT2D eigenvalue weighted by Crippen LogP contribution is -1.93. The molecule has 6 heteroatoms. The molecular formula is C7H2BrCl2NO2. The van der Waals surface area contributed by atoms with Gasteiger partial charge in [-0.25, -0.2) is 4.79 Å². The molecular weight excluding hydrogens is 281 g/mol. The molecule has 0 saturated carbocycles. The van der Waals surface area contributed by atoms with Crippen LogP contribution in [0.5, 0.6) is 0 Å². The summed E-state index contributed by atoms with van der Waals surface area (Å²) in [5, 5.41) is 0.744. The van der Waals surface area contributed by atoms with Crippen LogP contribution in [0.25, 0.3) is 11.1 Å². The lowest BCUT2D eigenvalue weighted by atomic mass is 10.3. The summed E-state index contributed by atoms with van der Waals surface area (Å²) in [7, 11) is 0. The maximum atomic E-state index is 10.8. The molecule has 2 aromatic rings. The summed E-state index contributed by atoms with van der Waals surface area (Å²) in [6.45, 7) is 0. The number of hydrogen-bond acceptors (Lipinski definition) is 2. The Labute approximate surface area is 90.8 Å². The highest BCUT2D eigenvalue weighted by Gasteiger charge is 2.11. The lowest BCUT2D eigenvalue weighted by molar-refractivity contribution is 0.555. The SMILES string of the molecule is O=c1[nH]c2c(Cl)c(Br)c(Cl)cc2o1. The van der Waals surface area contributed by atoms with Gasteiger partial charge in [-0.05, 0) is 15.9 Å². The highest BCUT2D eigenvalue weighted by Crippen LogP contribution is 2.35. The Balaban J connectivity index is 3.00. The standard InChI is InChI=1S/C7H2BrCl2NO2/c8-4-2(9)1-3-6(5(4)10)11-7(12)13-3/h1H,(H,11,12). The van der Waals surface area contributed by atoms with E-state index >= 15 is 0 Å². The minimum Gasteiger partial charge on any atom is -0.408 e. The van der Waals surface area contributed by atoms with Crippen LogP contribution in [0.1, 0.15) is 0 Å². The molecule has 1 aromatic heterocycles. The summed E-state index contributed by atoms with van der Waals surface area (Å²) >= 11 is 14.9. The molecule has 0 unspecified atom stereocenters. The summed E-state index contributed by atoms with van der Waals surface area (Å²) in [6, 6.07) is 1.52. The van der Waals surface area contributed by atoms with Crippen molar-refractivity contribution in [2.24, 2.45) is 0 Å². The van der Waals surface area contributed by atoms with E-state index in [-0.39, 0.29) is 0 Å². The molecule has 0 aliphatic heterocycles.